The highest BCUT2D eigenvalue weighted by atomic mass is 16.5. The minimum atomic E-state index is 0.284. The molecule has 4 saturated carbocycles. The second-order valence-electron chi connectivity index (χ2n) is 11.6. The van der Waals surface area contributed by atoms with Crippen molar-refractivity contribution in [3.63, 3.8) is 0 Å². The first-order chi connectivity index (χ1) is 14.4. The lowest BCUT2D eigenvalue weighted by Crippen LogP contribution is -2.54. The second-order valence-corrected chi connectivity index (χ2v) is 11.6. The largest absolute Gasteiger partial charge is 0.374 e. The summed E-state index contributed by atoms with van der Waals surface area (Å²) in [6.07, 6.45) is 12.1. The normalized spacial score (nSPS) is 45.3. The Morgan fingerprint density at radius 1 is 0.933 bits per heavy atom. The Balaban J connectivity index is 1.27. The fourth-order valence-corrected chi connectivity index (χ4v) is 8.83. The first-order valence-electron chi connectivity index (χ1n) is 12.6. The third-order valence-electron chi connectivity index (χ3n) is 10.4. The predicted octanol–water partition coefficient (Wildman–Crippen LogP) is 6.82. The molecule has 4 aliphatic rings. The fraction of sp³-hybridized carbons (Fsp3) is 0.750. The molecule has 0 saturated heterocycles. The summed E-state index contributed by atoms with van der Waals surface area (Å²) >= 11 is 0. The molecular weight excluding hydrogens is 368 g/mol. The van der Waals surface area contributed by atoms with Gasteiger partial charge in [0.05, 0.1) is 12.7 Å². The van der Waals surface area contributed by atoms with Crippen LogP contribution in [0.2, 0.25) is 0 Å². The highest BCUT2D eigenvalue weighted by Crippen LogP contribution is 2.67. The fourth-order valence-electron chi connectivity index (χ4n) is 8.83. The number of hydrogen-bond donors (Lipinski definition) is 0. The Labute approximate surface area is 183 Å². The molecule has 2 nitrogen and oxygen atoms in total. The third kappa shape index (κ3) is 3.29. The van der Waals surface area contributed by atoms with E-state index in [0.29, 0.717) is 23.2 Å². The van der Waals surface area contributed by atoms with Gasteiger partial charge in [0.25, 0.3) is 0 Å². The van der Waals surface area contributed by atoms with E-state index in [1.54, 1.807) is 0 Å². The molecule has 8 atom stereocenters. The van der Waals surface area contributed by atoms with Crippen LogP contribution in [-0.4, -0.2) is 11.9 Å². The smallest absolute Gasteiger partial charge is 0.133 e. The van der Waals surface area contributed by atoms with Crippen LogP contribution in [0, 0.1) is 40.4 Å². The lowest BCUT2D eigenvalue weighted by atomic mass is 9.44. The number of hydrogen-bond acceptors (Lipinski definition) is 2. The number of benzene rings is 1. The average molecular weight is 409 g/mol. The number of rotatable bonds is 4. The molecule has 4 aliphatic carbocycles. The van der Waals surface area contributed by atoms with Crippen molar-refractivity contribution >= 4 is 5.78 Å². The maximum absolute atomic E-state index is 12.3. The summed E-state index contributed by atoms with van der Waals surface area (Å²) in [4.78, 5) is 12.3. The molecule has 8 unspecified atom stereocenters. The summed E-state index contributed by atoms with van der Waals surface area (Å²) < 4.78 is 6.39. The van der Waals surface area contributed by atoms with Crippen LogP contribution in [-0.2, 0) is 16.1 Å². The number of fused-ring (bicyclic) bond motifs is 5. The van der Waals surface area contributed by atoms with Crippen LogP contribution >= 0.6 is 0 Å². The van der Waals surface area contributed by atoms with Gasteiger partial charge in [0, 0.05) is 5.92 Å². The van der Waals surface area contributed by atoms with Gasteiger partial charge >= 0.3 is 0 Å². The summed E-state index contributed by atoms with van der Waals surface area (Å²) in [6, 6.07) is 10.6. The van der Waals surface area contributed by atoms with Crippen LogP contribution < -0.4 is 0 Å². The van der Waals surface area contributed by atoms with Crippen molar-refractivity contribution in [2.45, 2.75) is 91.3 Å². The lowest BCUT2D eigenvalue weighted by molar-refractivity contribution is -0.143. The number of ketones is 1. The zero-order valence-electron chi connectivity index (χ0n) is 19.2. The van der Waals surface area contributed by atoms with E-state index >= 15 is 0 Å². The third-order valence-corrected chi connectivity index (χ3v) is 10.4. The van der Waals surface area contributed by atoms with E-state index in [2.05, 4.69) is 44.2 Å². The maximum atomic E-state index is 12.3. The molecule has 30 heavy (non-hydrogen) atoms. The molecule has 0 heterocycles. The van der Waals surface area contributed by atoms with Gasteiger partial charge in [0.1, 0.15) is 5.78 Å². The molecule has 4 fully saturated rings. The molecule has 1 aromatic carbocycles. The van der Waals surface area contributed by atoms with Crippen molar-refractivity contribution in [2.24, 2.45) is 40.4 Å². The van der Waals surface area contributed by atoms with Crippen molar-refractivity contribution < 1.29 is 9.53 Å². The monoisotopic (exact) mass is 408 g/mol. The highest BCUT2D eigenvalue weighted by molar-refractivity contribution is 5.79. The second kappa shape index (κ2) is 7.76. The van der Waals surface area contributed by atoms with Gasteiger partial charge < -0.3 is 4.74 Å². The molecule has 0 bridgehead atoms. The molecule has 0 radical (unpaired) electrons. The van der Waals surface area contributed by atoms with Gasteiger partial charge in [-0.1, -0.05) is 44.2 Å². The maximum Gasteiger partial charge on any atom is 0.133 e. The van der Waals surface area contributed by atoms with Gasteiger partial charge in [-0.3, -0.25) is 4.79 Å². The van der Waals surface area contributed by atoms with E-state index in [9.17, 15) is 4.79 Å². The van der Waals surface area contributed by atoms with Crippen LogP contribution in [0.15, 0.2) is 30.3 Å². The van der Waals surface area contributed by atoms with Gasteiger partial charge in [-0.2, -0.15) is 0 Å². The summed E-state index contributed by atoms with van der Waals surface area (Å²) in [5.41, 5.74) is 2.07. The molecule has 0 amide bonds. The Bertz CT molecular complexity index is 772. The van der Waals surface area contributed by atoms with E-state index in [1.807, 2.05) is 6.92 Å². The van der Waals surface area contributed by atoms with E-state index in [0.717, 1.165) is 36.7 Å². The zero-order chi connectivity index (χ0) is 20.9. The topological polar surface area (TPSA) is 26.3 Å². The molecule has 5 rings (SSSR count). The van der Waals surface area contributed by atoms with Crippen molar-refractivity contribution in [3.8, 4) is 0 Å². The van der Waals surface area contributed by atoms with Crippen LogP contribution in [0.5, 0.6) is 0 Å². The molecular formula is C28H40O2. The Morgan fingerprint density at radius 3 is 2.43 bits per heavy atom. The minimum Gasteiger partial charge on any atom is -0.374 e. The molecule has 0 N–H and O–H groups in total. The van der Waals surface area contributed by atoms with Crippen LogP contribution in [0.25, 0.3) is 0 Å². The first-order valence-corrected chi connectivity index (χ1v) is 12.6. The van der Waals surface area contributed by atoms with Gasteiger partial charge in [0.15, 0.2) is 0 Å². The number of ether oxygens (including phenoxy) is 1. The molecule has 1 aromatic rings. The predicted molar refractivity (Wildman–Crippen MR) is 121 cm³/mol. The molecule has 0 aromatic heterocycles. The SMILES string of the molecule is CC(=O)C1CCC2C3CCC4CC(OCc5ccccc5)CCC4(C)C3CCC12C. The van der Waals surface area contributed by atoms with E-state index in [-0.39, 0.29) is 5.41 Å². The van der Waals surface area contributed by atoms with E-state index < -0.39 is 0 Å². The quantitative estimate of drug-likeness (QED) is 0.546. The number of carbonyl (C=O) groups excluding carboxylic acids is 1. The average Bonchev–Trinajstić information content (AvgIpc) is 3.10. The minimum absolute atomic E-state index is 0.284. The molecule has 164 valence electrons. The van der Waals surface area contributed by atoms with E-state index in [1.165, 1.54) is 56.9 Å². The van der Waals surface area contributed by atoms with Crippen LogP contribution in [0.4, 0.5) is 0 Å². The van der Waals surface area contributed by atoms with Crippen molar-refractivity contribution in [1.29, 1.82) is 0 Å². The summed E-state index contributed by atoms with van der Waals surface area (Å²) in [6.45, 7) is 7.70. The van der Waals surface area contributed by atoms with Crippen LogP contribution in [0.1, 0.15) is 84.1 Å². The van der Waals surface area contributed by atoms with E-state index in [4.69, 9.17) is 4.74 Å². The summed E-state index contributed by atoms with van der Waals surface area (Å²) in [7, 11) is 0. The zero-order valence-corrected chi connectivity index (χ0v) is 19.2. The Kier molecular flexibility index (Phi) is 5.37. The number of Topliss-reactive ketones (excluding diaryl/α,β-unsaturated/α-hetero) is 1. The summed E-state index contributed by atoms with van der Waals surface area (Å²) in [5.74, 6) is 4.12. The first kappa shape index (κ1) is 20.7. The molecule has 0 spiro atoms. The van der Waals surface area contributed by atoms with Crippen LogP contribution in [0.3, 0.4) is 0 Å². The van der Waals surface area contributed by atoms with Crippen molar-refractivity contribution in [2.75, 3.05) is 0 Å². The Morgan fingerprint density at radius 2 is 1.67 bits per heavy atom. The van der Waals surface area contributed by atoms with Crippen molar-refractivity contribution in [3.05, 3.63) is 35.9 Å². The van der Waals surface area contributed by atoms with Gasteiger partial charge in [-0.05, 0) is 105 Å². The standard InChI is InChI=1S/C28H40O2/c1-19(29)24-11-12-25-23-10-9-21-17-22(30-18-20-7-5-4-6-8-20)13-15-27(21,2)26(23)14-16-28(24,25)3/h4-8,21-26H,9-18H2,1-3H3. The molecule has 0 aliphatic heterocycles. The van der Waals surface area contributed by atoms with Crippen molar-refractivity contribution in [1.82, 2.24) is 0 Å². The summed E-state index contributed by atoms with van der Waals surface area (Å²) in [5, 5.41) is 0. The number of carbonyl (C=O) groups is 1. The lowest BCUT2D eigenvalue weighted by Gasteiger charge is -2.61. The van der Waals surface area contributed by atoms with Gasteiger partial charge in [0.2, 0.25) is 0 Å². The van der Waals surface area contributed by atoms with Gasteiger partial charge in [-0.15, -0.1) is 0 Å². The molecule has 2 heteroatoms. The van der Waals surface area contributed by atoms with Gasteiger partial charge in [-0.25, -0.2) is 0 Å². The Hall–Kier alpha value is -1.15. The highest BCUT2D eigenvalue weighted by Gasteiger charge is 2.60.